The van der Waals surface area contributed by atoms with Gasteiger partial charge < -0.3 is 4.74 Å². The lowest BCUT2D eigenvalue weighted by atomic mass is 10.1. The fourth-order valence-corrected chi connectivity index (χ4v) is 4.04. The number of hydrogen-bond acceptors (Lipinski definition) is 5. The van der Waals surface area contributed by atoms with E-state index in [4.69, 9.17) is 9.94 Å². The number of piperidine rings is 1. The number of hydrogen-bond donors (Lipinski definition) is 2. The van der Waals surface area contributed by atoms with Crippen LogP contribution in [0.3, 0.4) is 0 Å². The van der Waals surface area contributed by atoms with Gasteiger partial charge in [-0.25, -0.2) is 14.2 Å². The fourth-order valence-electron chi connectivity index (χ4n) is 2.95. The molecule has 1 amide bonds. The topological polar surface area (TPSA) is 61.8 Å². The van der Waals surface area contributed by atoms with Crippen molar-refractivity contribution in [1.82, 2.24) is 9.79 Å². The van der Waals surface area contributed by atoms with Crippen LogP contribution in [0.4, 0.5) is 17.6 Å². The lowest BCUT2D eigenvalue weighted by Gasteiger charge is -2.31. The Balaban J connectivity index is 1.56. The number of alkyl halides is 3. The van der Waals surface area contributed by atoms with Crippen LogP contribution in [0.2, 0.25) is 0 Å². The number of rotatable bonds is 5. The number of carbonyl (C=O) groups is 1. The summed E-state index contributed by atoms with van der Waals surface area (Å²) in [5, 5.41) is 8.81. The molecular formula is C19H18F4N2O3S. The van der Waals surface area contributed by atoms with Gasteiger partial charge in [0.2, 0.25) is 0 Å². The third kappa shape index (κ3) is 5.40. The average Bonchev–Trinajstić information content (AvgIpc) is 2.69. The highest BCUT2D eigenvalue weighted by atomic mass is 32.2. The zero-order valence-electron chi connectivity index (χ0n) is 15.1. The third-order valence-corrected chi connectivity index (χ3v) is 5.58. The molecule has 156 valence electrons. The SMILES string of the molecule is O=C(NO)c1c(F)cccc1SN1CCC(Oc2ccc(C(F)(F)F)cc2)CC1. The minimum atomic E-state index is -4.39. The Bertz CT molecular complexity index is 854. The molecule has 2 aromatic carbocycles. The molecule has 1 heterocycles. The van der Waals surface area contributed by atoms with Crippen molar-refractivity contribution in [3.63, 3.8) is 0 Å². The number of halogens is 4. The fraction of sp³-hybridized carbons (Fsp3) is 0.316. The van der Waals surface area contributed by atoms with Crippen molar-refractivity contribution in [3.8, 4) is 5.75 Å². The van der Waals surface area contributed by atoms with Crippen LogP contribution in [0.25, 0.3) is 0 Å². The molecule has 2 aromatic rings. The standard InChI is InChI=1S/C19H18F4N2O3S/c20-15-2-1-3-16(17(15)18(26)24-27)29-25-10-8-14(9-11-25)28-13-6-4-12(5-7-13)19(21,22)23/h1-7,14,27H,8-11H2,(H,24,26). The lowest BCUT2D eigenvalue weighted by Crippen LogP contribution is -2.34. The Hall–Kier alpha value is -2.30. The Labute approximate surface area is 168 Å². The summed E-state index contributed by atoms with van der Waals surface area (Å²) < 4.78 is 59.5. The largest absolute Gasteiger partial charge is 0.490 e. The molecule has 0 radical (unpaired) electrons. The number of nitrogens with zero attached hydrogens (tertiary/aromatic N) is 1. The second-order valence-electron chi connectivity index (χ2n) is 6.41. The third-order valence-electron chi connectivity index (χ3n) is 4.42. The van der Waals surface area contributed by atoms with E-state index in [9.17, 15) is 22.4 Å². The normalized spacial score (nSPS) is 15.9. The highest BCUT2D eigenvalue weighted by Gasteiger charge is 2.30. The summed E-state index contributed by atoms with van der Waals surface area (Å²) in [6.45, 7) is 1.15. The number of hydroxylamine groups is 1. The first kappa shape index (κ1) is 21.4. The predicted molar refractivity (Wildman–Crippen MR) is 98.2 cm³/mol. The molecule has 10 heteroatoms. The van der Waals surface area contributed by atoms with Crippen molar-refractivity contribution in [1.29, 1.82) is 0 Å². The summed E-state index contributed by atoms with van der Waals surface area (Å²) in [5.41, 5.74) is 0.485. The maximum atomic E-state index is 14.0. The first-order chi connectivity index (χ1) is 13.8. The summed E-state index contributed by atoms with van der Waals surface area (Å²) in [5.74, 6) is -1.29. The Morgan fingerprint density at radius 1 is 1.14 bits per heavy atom. The van der Waals surface area contributed by atoms with Crippen LogP contribution in [-0.2, 0) is 6.18 Å². The molecule has 0 unspecified atom stereocenters. The van der Waals surface area contributed by atoms with Crippen molar-refractivity contribution >= 4 is 17.9 Å². The maximum Gasteiger partial charge on any atom is 0.416 e. The van der Waals surface area contributed by atoms with Gasteiger partial charge in [0.1, 0.15) is 17.7 Å². The van der Waals surface area contributed by atoms with E-state index in [1.165, 1.54) is 35.6 Å². The monoisotopic (exact) mass is 430 g/mol. The average molecular weight is 430 g/mol. The van der Waals surface area contributed by atoms with Gasteiger partial charge in [-0.15, -0.1) is 0 Å². The zero-order chi connectivity index (χ0) is 21.0. The van der Waals surface area contributed by atoms with Gasteiger partial charge in [0.15, 0.2) is 0 Å². The molecule has 0 saturated carbocycles. The molecule has 0 aliphatic carbocycles. The molecule has 2 N–H and O–H groups in total. The molecule has 29 heavy (non-hydrogen) atoms. The summed E-state index contributed by atoms with van der Waals surface area (Å²) in [7, 11) is 0. The molecule has 0 spiro atoms. The van der Waals surface area contributed by atoms with Crippen LogP contribution >= 0.6 is 11.9 Å². The zero-order valence-corrected chi connectivity index (χ0v) is 15.9. The summed E-state index contributed by atoms with van der Waals surface area (Å²) in [6, 6.07) is 8.77. The molecule has 1 aliphatic heterocycles. The molecule has 0 atom stereocenters. The van der Waals surface area contributed by atoms with Crippen LogP contribution in [0, 0.1) is 5.82 Å². The van der Waals surface area contributed by atoms with Gasteiger partial charge in [0.05, 0.1) is 11.1 Å². The number of ether oxygens (including phenoxy) is 1. The number of benzene rings is 2. The van der Waals surface area contributed by atoms with Crippen LogP contribution in [0.5, 0.6) is 5.75 Å². The molecule has 1 aliphatic rings. The van der Waals surface area contributed by atoms with Gasteiger partial charge in [0, 0.05) is 18.0 Å². The van der Waals surface area contributed by atoms with Crippen molar-refractivity contribution < 1.29 is 32.3 Å². The van der Waals surface area contributed by atoms with E-state index in [2.05, 4.69) is 0 Å². The van der Waals surface area contributed by atoms with Crippen molar-refractivity contribution in [2.24, 2.45) is 0 Å². The number of nitrogens with one attached hydrogen (secondary N) is 1. The second kappa shape index (κ2) is 9.02. The minimum Gasteiger partial charge on any atom is -0.490 e. The van der Waals surface area contributed by atoms with Crippen LogP contribution in [0.15, 0.2) is 47.4 Å². The van der Waals surface area contributed by atoms with E-state index in [1.54, 1.807) is 6.07 Å². The smallest absolute Gasteiger partial charge is 0.416 e. The molecule has 1 saturated heterocycles. The van der Waals surface area contributed by atoms with E-state index < -0.39 is 23.5 Å². The first-order valence-corrected chi connectivity index (χ1v) is 9.55. The van der Waals surface area contributed by atoms with Crippen molar-refractivity contribution in [2.75, 3.05) is 13.1 Å². The minimum absolute atomic E-state index is 0.156. The number of amides is 1. The van der Waals surface area contributed by atoms with Gasteiger partial charge in [-0.1, -0.05) is 6.07 Å². The van der Waals surface area contributed by atoms with Crippen LogP contribution < -0.4 is 10.2 Å². The molecule has 0 aromatic heterocycles. The summed E-state index contributed by atoms with van der Waals surface area (Å²) >= 11 is 1.20. The predicted octanol–water partition coefficient (Wildman–Crippen LogP) is 4.51. The molecular weight excluding hydrogens is 412 g/mol. The molecule has 5 nitrogen and oxygen atoms in total. The highest BCUT2D eigenvalue weighted by Crippen LogP contribution is 2.33. The molecule has 1 fully saturated rings. The van der Waals surface area contributed by atoms with Gasteiger partial charge >= 0.3 is 6.18 Å². The van der Waals surface area contributed by atoms with E-state index in [0.29, 0.717) is 36.6 Å². The summed E-state index contributed by atoms with van der Waals surface area (Å²) in [4.78, 5) is 12.1. The molecule has 3 rings (SSSR count). The lowest BCUT2D eigenvalue weighted by molar-refractivity contribution is -0.137. The number of carbonyl (C=O) groups excluding carboxylic acids is 1. The van der Waals surface area contributed by atoms with Crippen molar-refractivity contribution in [2.45, 2.75) is 30.0 Å². The maximum absolute atomic E-state index is 14.0. The summed E-state index contributed by atoms with van der Waals surface area (Å²) in [6.07, 6.45) is -3.31. The second-order valence-corrected chi connectivity index (χ2v) is 7.55. The van der Waals surface area contributed by atoms with E-state index in [1.807, 2.05) is 4.31 Å². The first-order valence-electron chi connectivity index (χ1n) is 8.77. The van der Waals surface area contributed by atoms with E-state index in [0.717, 1.165) is 18.2 Å². The quantitative estimate of drug-likeness (QED) is 0.316. The van der Waals surface area contributed by atoms with Gasteiger partial charge in [-0.2, -0.15) is 13.2 Å². The van der Waals surface area contributed by atoms with Gasteiger partial charge in [0.25, 0.3) is 5.91 Å². The Kier molecular flexibility index (Phi) is 6.66. The van der Waals surface area contributed by atoms with Crippen LogP contribution in [0.1, 0.15) is 28.8 Å². The Morgan fingerprint density at radius 2 is 1.79 bits per heavy atom. The van der Waals surface area contributed by atoms with Crippen molar-refractivity contribution in [3.05, 3.63) is 59.4 Å². The van der Waals surface area contributed by atoms with Gasteiger partial charge in [-0.05, 0) is 61.2 Å². The Morgan fingerprint density at radius 3 is 2.38 bits per heavy atom. The van der Waals surface area contributed by atoms with E-state index in [-0.39, 0.29) is 11.7 Å². The van der Waals surface area contributed by atoms with Gasteiger partial charge in [-0.3, -0.25) is 10.0 Å². The molecule has 0 bridgehead atoms. The highest BCUT2D eigenvalue weighted by molar-refractivity contribution is 7.97. The van der Waals surface area contributed by atoms with E-state index >= 15 is 0 Å². The van der Waals surface area contributed by atoms with Crippen LogP contribution in [-0.4, -0.2) is 34.6 Å².